The molecule has 28 heavy (non-hydrogen) atoms. The van der Waals surface area contributed by atoms with Crippen LogP contribution in [0.4, 0.5) is 0 Å². The Bertz CT molecular complexity index is 921. The summed E-state index contributed by atoms with van der Waals surface area (Å²) >= 11 is 5.01. The van der Waals surface area contributed by atoms with Crippen molar-refractivity contribution < 1.29 is 13.2 Å². The van der Waals surface area contributed by atoms with E-state index >= 15 is 0 Å². The van der Waals surface area contributed by atoms with Gasteiger partial charge in [0.25, 0.3) is 5.91 Å². The second-order valence-corrected chi connectivity index (χ2v) is 11.2. The molecule has 1 aliphatic rings. The first-order valence-corrected chi connectivity index (χ1v) is 12.5. The molecule has 1 saturated heterocycles. The number of hydrogen-bond acceptors (Lipinski definition) is 4. The molecule has 2 heterocycles. The lowest BCUT2D eigenvalue weighted by atomic mass is 10.0. The van der Waals surface area contributed by atoms with Crippen molar-refractivity contribution >= 4 is 43.2 Å². The number of amides is 1. The molecule has 1 fully saturated rings. The lowest BCUT2D eigenvalue weighted by Gasteiger charge is -2.21. The maximum Gasteiger partial charge on any atom is 0.252 e. The Labute approximate surface area is 179 Å². The van der Waals surface area contributed by atoms with Gasteiger partial charge in [0, 0.05) is 22.4 Å². The molecule has 5 nitrogen and oxygen atoms in total. The number of carbonyl (C=O) groups excluding carboxylic acids is 1. The van der Waals surface area contributed by atoms with Crippen LogP contribution in [0.1, 0.15) is 54.4 Å². The Hall–Kier alpha value is -1.22. The second-order valence-electron chi connectivity index (χ2n) is 7.42. The molecule has 3 rings (SSSR count). The molecule has 0 spiro atoms. The van der Waals surface area contributed by atoms with Crippen molar-refractivity contribution in [2.75, 3.05) is 13.1 Å². The van der Waals surface area contributed by atoms with E-state index in [1.165, 1.54) is 10.4 Å². The molecule has 8 heteroatoms. The molecule has 0 saturated carbocycles. The first-order valence-electron chi connectivity index (χ1n) is 9.43. The summed E-state index contributed by atoms with van der Waals surface area (Å²) in [6, 6.07) is 8.56. The van der Waals surface area contributed by atoms with E-state index in [1.54, 1.807) is 23.5 Å². The van der Waals surface area contributed by atoms with Crippen molar-refractivity contribution in [2.45, 2.75) is 44.0 Å². The molecule has 1 atom stereocenters. The zero-order chi connectivity index (χ0) is 20.3. The van der Waals surface area contributed by atoms with Gasteiger partial charge in [-0.25, -0.2) is 8.42 Å². The minimum absolute atomic E-state index is 0.0988. The van der Waals surface area contributed by atoms with Crippen LogP contribution < -0.4 is 5.32 Å². The van der Waals surface area contributed by atoms with Gasteiger partial charge in [-0.05, 0) is 70.8 Å². The molecule has 2 aromatic rings. The fourth-order valence-electron chi connectivity index (χ4n) is 3.36. The van der Waals surface area contributed by atoms with Gasteiger partial charge in [-0.3, -0.25) is 4.79 Å². The van der Waals surface area contributed by atoms with Crippen LogP contribution in [0.3, 0.4) is 0 Å². The third kappa shape index (κ3) is 4.84. The molecule has 1 amide bonds. The molecule has 0 bridgehead atoms. The minimum Gasteiger partial charge on any atom is -0.344 e. The Morgan fingerprint density at radius 1 is 1.25 bits per heavy atom. The van der Waals surface area contributed by atoms with E-state index in [9.17, 15) is 13.2 Å². The summed E-state index contributed by atoms with van der Waals surface area (Å²) in [6.07, 6.45) is 2.57. The predicted octanol–water partition coefficient (Wildman–Crippen LogP) is 4.81. The van der Waals surface area contributed by atoms with Gasteiger partial charge in [0.15, 0.2) is 0 Å². The first-order chi connectivity index (χ1) is 13.3. The summed E-state index contributed by atoms with van der Waals surface area (Å²) < 4.78 is 27.8. The molecule has 1 aromatic heterocycles. The van der Waals surface area contributed by atoms with Crippen molar-refractivity contribution in [2.24, 2.45) is 5.92 Å². The summed E-state index contributed by atoms with van der Waals surface area (Å²) in [6.45, 7) is 5.31. The Morgan fingerprint density at radius 2 is 1.96 bits per heavy atom. The average Bonchev–Trinajstić information content (AvgIpc) is 3.35. The van der Waals surface area contributed by atoms with Crippen LogP contribution in [-0.2, 0) is 10.0 Å². The number of carbonyl (C=O) groups is 1. The van der Waals surface area contributed by atoms with E-state index in [4.69, 9.17) is 0 Å². The SMILES string of the molecule is CC(C)CC(NC(=O)c1cc(S(=O)(=O)N2CCCC2)ccc1Br)c1cccs1. The molecular weight excluding hydrogens is 460 g/mol. The largest absolute Gasteiger partial charge is 0.344 e. The first kappa shape index (κ1) is 21.5. The lowest BCUT2D eigenvalue weighted by molar-refractivity contribution is 0.0931. The molecular formula is C20H25BrN2O3S2. The summed E-state index contributed by atoms with van der Waals surface area (Å²) in [5.41, 5.74) is 0.339. The van der Waals surface area contributed by atoms with Gasteiger partial charge in [-0.15, -0.1) is 11.3 Å². The monoisotopic (exact) mass is 484 g/mol. The topological polar surface area (TPSA) is 66.5 Å². The fraction of sp³-hybridized carbons (Fsp3) is 0.450. The number of nitrogens with one attached hydrogen (secondary N) is 1. The van der Waals surface area contributed by atoms with Crippen LogP contribution in [0.25, 0.3) is 0 Å². The van der Waals surface area contributed by atoms with Gasteiger partial charge in [0.05, 0.1) is 16.5 Å². The highest BCUT2D eigenvalue weighted by molar-refractivity contribution is 9.10. The summed E-state index contributed by atoms with van der Waals surface area (Å²) in [7, 11) is -3.57. The zero-order valence-corrected chi connectivity index (χ0v) is 19.2. The van der Waals surface area contributed by atoms with Crippen LogP contribution in [0.2, 0.25) is 0 Å². The maximum absolute atomic E-state index is 13.0. The highest BCUT2D eigenvalue weighted by atomic mass is 79.9. The molecule has 1 aliphatic heterocycles. The van der Waals surface area contributed by atoms with Crippen LogP contribution >= 0.6 is 27.3 Å². The third-order valence-corrected chi connectivity index (χ3v) is 8.36. The van der Waals surface area contributed by atoms with Gasteiger partial charge in [-0.2, -0.15) is 4.31 Å². The number of nitrogens with zero attached hydrogens (tertiary/aromatic N) is 1. The summed E-state index contributed by atoms with van der Waals surface area (Å²) in [4.78, 5) is 14.3. The highest BCUT2D eigenvalue weighted by Gasteiger charge is 2.28. The third-order valence-electron chi connectivity index (χ3n) is 4.78. The number of hydrogen-bond donors (Lipinski definition) is 1. The molecule has 0 aliphatic carbocycles. The maximum atomic E-state index is 13.0. The molecule has 0 radical (unpaired) electrons. The number of rotatable bonds is 7. The van der Waals surface area contributed by atoms with Crippen LogP contribution in [0.5, 0.6) is 0 Å². The lowest BCUT2D eigenvalue weighted by Crippen LogP contribution is -2.30. The minimum atomic E-state index is -3.57. The standard InChI is InChI=1S/C20H25BrN2O3S2/c1-14(2)12-18(19-6-5-11-27-19)22-20(24)16-13-15(7-8-17(16)21)28(25,26)23-9-3-4-10-23/h5-8,11,13-14,18H,3-4,9-10,12H2,1-2H3,(H,22,24). The van der Waals surface area contributed by atoms with E-state index in [1.807, 2.05) is 17.5 Å². The highest BCUT2D eigenvalue weighted by Crippen LogP contribution is 2.28. The Kier molecular flexibility index (Phi) is 6.96. The summed E-state index contributed by atoms with van der Waals surface area (Å²) in [5.74, 6) is 0.141. The van der Waals surface area contributed by atoms with Crippen molar-refractivity contribution in [1.82, 2.24) is 9.62 Å². The van der Waals surface area contributed by atoms with Crippen LogP contribution in [0.15, 0.2) is 45.1 Å². The fourth-order valence-corrected chi connectivity index (χ4v) is 6.12. The van der Waals surface area contributed by atoms with Gasteiger partial charge in [0.2, 0.25) is 10.0 Å². The van der Waals surface area contributed by atoms with Crippen molar-refractivity contribution in [3.8, 4) is 0 Å². The van der Waals surface area contributed by atoms with E-state index in [2.05, 4.69) is 35.1 Å². The van der Waals surface area contributed by atoms with Crippen molar-refractivity contribution in [3.05, 3.63) is 50.6 Å². The molecule has 1 aromatic carbocycles. The van der Waals surface area contributed by atoms with Gasteiger partial charge < -0.3 is 5.32 Å². The number of thiophene rings is 1. The average molecular weight is 485 g/mol. The van der Waals surface area contributed by atoms with Gasteiger partial charge in [0.1, 0.15) is 0 Å². The van der Waals surface area contributed by atoms with Gasteiger partial charge in [-0.1, -0.05) is 19.9 Å². The predicted molar refractivity (Wildman–Crippen MR) is 116 cm³/mol. The zero-order valence-electron chi connectivity index (χ0n) is 16.0. The Balaban J connectivity index is 1.86. The number of sulfonamides is 1. The number of halogens is 1. The molecule has 1 unspecified atom stereocenters. The Morgan fingerprint density at radius 3 is 2.57 bits per heavy atom. The normalized spacial score (nSPS) is 16.4. The second kappa shape index (κ2) is 9.07. The van der Waals surface area contributed by atoms with Gasteiger partial charge >= 0.3 is 0 Å². The van der Waals surface area contributed by atoms with Crippen molar-refractivity contribution in [1.29, 1.82) is 0 Å². The van der Waals surface area contributed by atoms with E-state index in [-0.39, 0.29) is 16.8 Å². The van der Waals surface area contributed by atoms with Crippen LogP contribution in [0, 0.1) is 5.92 Å². The number of benzene rings is 1. The van der Waals surface area contributed by atoms with E-state index in [0.29, 0.717) is 29.0 Å². The smallest absolute Gasteiger partial charge is 0.252 e. The quantitative estimate of drug-likeness (QED) is 0.612. The van der Waals surface area contributed by atoms with Crippen LogP contribution in [-0.4, -0.2) is 31.7 Å². The molecule has 1 N–H and O–H groups in total. The van der Waals surface area contributed by atoms with Crippen molar-refractivity contribution in [3.63, 3.8) is 0 Å². The van der Waals surface area contributed by atoms with E-state index in [0.717, 1.165) is 24.1 Å². The summed E-state index contributed by atoms with van der Waals surface area (Å²) in [5, 5.41) is 5.08. The van der Waals surface area contributed by atoms with E-state index < -0.39 is 10.0 Å². The molecule has 152 valence electrons.